The summed E-state index contributed by atoms with van der Waals surface area (Å²) in [5, 5.41) is 10.1. The molecule has 2 aliphatic heterocycles. The molecule has 1 aromatic rings. The van der Waals surface area contributed by atoms with Gasteiger partial charge in [0.15, 0.2) is 9.75 Å². The minimum atomic E-state index is -1.82. The molecular formula is C22H20Cl2N2O5. The van der Waals surface area contributed by atoms with E-state index in [-0.39, 0.29) is 24.0 Å². The van der Waals surface area contributed by atoms with Crippen molar-refractivity contribution in [3.63, 3.8) is 0 Å². The van der Waals surface area contributed by atoms with Crippen LogP contribution in [0.25, 0.3) is 0 Å². The molecule has 6 unspecified atom stereocenters. The van der Waals surface area contributed by atoms with Crippen LogP contribution in [0.3, 0.4) is 0 Å². The Hall–Kier alpha value is -2.38. The van der Waals surface area contributed by atoms with Gasteiger partial charge in [0.25, 0.3) is 11.8 Å². The summed E-state index contributed by atoms with van der Waals surface area (Å²) in [5.41, 5.74) is 1.24. The molecule has 3 fully saturated rings. The highest BCUT2D eigenvalue weighted by Crippen LogP contribution is 2.65. The number of imide groups is 2. The molecule has 4 aliphatic rings. The molecule has 0 aromatic heterocycles. The van der Waals surface area contributed by atoms with E-state index < -0.39 is 45.2 Å². The first-order valence-corrected chi connectivity index (χ1v) is 10.8. The average molecular weight is 463 g/mol. The fourth-order valence-electron chi connectivity index (χ4n) is 5.98. The van der Waals surface area contributed by atoms with Gasteiger partial charge >= 0.3 is 0 Å². The van der Waals surface area contributed by atoms with Crippen LogP contribution in [0.5, 0.6) is 5.75 Å². The summed E-state index contributed by atoms with van der Waals surface area (Å²) < 4.78 is 0. The summed E-state index contributed by atoms with van der Waals surface area (Å²) >= 11 is 14.0. The predicted molar refractivity (Wildman–Crippen MR) is 111 cm³/mol. The van der Waals surface area contributed by atoms with Gasteiger partial charge in [-0.25, -0.2) is 0 Å². The molecule has 0 spiro atoms. The molecule has 6 atom stereocenters. The second-order valence-corrected chi connectivity index (χ2v) is 10.1. The lowest BCUT2D eigenvalue weighted by Gasteiger charge is -2.50. The van der Waals surface area contributed by atoms with Gasteiger partial charge in [-0.1, -0.05) is 23.8 Å². The first-order valence-electron chi connectivity index (χ1n) is 10.0. The number of alkyl halides is 2. The minimum absolute atomic E-state index is 0.0219. The predicted octanol–water partition coefficient (Wildman–Crippen LogP) is 2.01. The molecule has 9 heteroatoms. The van der Waals surface area contributed by atoms with Crippen LogP contribution in [0.2, 0.25) is 0 Å². The lowest BCUT2D eigenvalue weighted by molar-refractivity contribution is -0.140. The highest BCUT2D eigenvalue weighted by Gasteiger charge is 2.75. The molecule has 0 bridgehead atoms. The van der Waals surface area contributed by atoms with Crippen LogP contribution in [-0.2, 0) is 19.2 Å². The normalized spacial score (nSPS) is 39.4. The van der Waals surface area contributed by atoms with Crippen LogP contribution >= 0.6 is 23.2 Å². The van der Waals surface area contributed by atoms with E-state index in [2.05, 4.69) is 0 Å². The Balaban J connectivity index is 1.76. The molecule has 2 aliphatic carbocycles. The van der Waals surface area contributed by atoms with Gasteiger partial charge in [0.2, 0.25) is 11.8 Å². The van der Waals surface area contributed by atoms with Crippen molar-refractivity contribution < 1.29 is 24.3 Å². The highest BCUT2D eigenvalue weighted by molar-refractivity contribution is 6.53. The fourth-order valence-corrected chi connectivity index (χ4v) is 7.00. The van der Waals surface area contributed by atoms with E-state index in [0.29, 0.717) is 17.6 Å². The molecule has 1 aromatic carbocycles. The molecule has 2 saturated heterocycles. The van der Waals surface area contributed by atoms with Gasteiger partial charge in [-0.2, -0.15) is 0 Å². The van der Waals surface area contributed by atoms with Gasteiger partial charge in [-0.05, 0) is 36.5 Å². The van der Waals surface area contributed by atoms with Gasteiger partial charge in [-0.3, -0.25) is 29.0 Å². The number of fused-ring (bicyclic) bond motifs is 4. The Morgan fingerprint density at radius 2 is 1.71 bits per heavy atom. The number of benzene rings is 1. The first kappa shape index (κ1) is 20.5. The van der Waals surface area contributed by atoms with E-state index in [1.807, 2.05) is 6.08 Å². The van der Waals surface area contributed by atoms with Gasteiger partial charge in [0.1, 0.15) is 5.75 Å². The molecule has 0 radical (unpaired) electrons. The number of likely N-dealkylation sites (tertiary alicyclic amines) is 2. The number of halogens is 2. The van der Waals surface area contributed by atoms with Crippen molar-refractivity contribution in [1.82, 2.24) is 9.80 Å². The van der Waals surface area contributed by atoms with Crippen LogP contribution in [0.15, 0.2) is 35.9 Å². The number of aromatic hydroxyl groups is 1. The molecule has 7 nitrogen and oxygen atoms in total. The van der Waals surface area contributed by atoms with Crippen LogP contribution in [0.1, 0.15) is 24.3 Å². The third kappa shape index (κ3) is 2.31. The molecular weight excluding hydrogens is 443 g/mol. The van der Waals surface area contributed by atoms with Crippen LogP contribution < -0.4 is 0 Å². The van der Waals surface area contributed by atoms with E-state index in [1.165, 1.54) is 26.2 Å². The molecule has 31 heavy (non-hydrogen) atoms. The number of phenols is 1. The Kier molecular flexibility index (Phi) is 4.19. The maximum atomic E-state index is 13.3. The number of amides is 4. The summed E-state index contributed by atoms with van der Waals surface area (Å²) in [7, 11) is 2.80. The maximum Gasteiger partial charge on any atom is 0.253 e. The standard InChI is InChI=1S/C22H20Cl2N2O5/c1-25-17(28)13-7-6-12-14(15(13)18(25)29)9-21(23)19(30)26(2)20(31)22(21,24)16(12)10-4-3-5-11(27)8-10/h3-6,8,13-16,27H,7,9H2,1-2H3. The zero-order valence-corrected chi connectivity index (χ0v) is 18.4. The number of carbonyl (C=O) groups is 4. The number of hydrogen-bond acceptors (Lipinski definition) is 5. The van der Waals surface area contributed by atoms with Gasteiger partial charge in [0.05, 0.1) is 11.8 Å². The van der Waals surface area contributed by atoms with Crippen molar-refractivity contribution in [2.75, 3.05) is 14.1 Å². The molecule has 2 heterocycles. The van der Waals surface area contributed by atoms with Crippen molar-refractivity contribution in [3.8, 4) is 5.75 Å². The van der Waals surface area contributed by atoms with Gasteiger partial charge < -0.3 is 5.11 Å². The van der Waals surface area contributed by atoms with Gasteiger partial charge in [-0.15, -0.1) is 23.2 Å². The second kappa shape index (κ2) is 6.33. The largest absolute Gasteiger partial charge is 0.508 e. The third-order valence-corrected chi connectivity index (χ3v) is 8.85. The molecule has 1 N–H and O–H groups in total. The average Bonchev–Trinajstić information content (AvgIpc) is 3.03. The monoisotopic (exact) mass is 462 g/mol. The van der Waals surface area contributed by atoms with Crippen LogP contribution in [-0.4, -0.2) is 62.4 Å². The topological polar surface area (TPSA) is 95.0 Å². The van der Waals surface area contributed by atoms with Crippen molar-refractivity contribution in [1.29, 1.82) is 0 Å². The Morgan fingerprint density at radius 3 is 2.39 bits per heavy atom. The maximum absolute atomic E-state index is 13.3. The zero-order chi connectivity index (χ0) is 22.5. The number of rotatable bonds is 1. The number of hydrogen-bond donors (Lipinski definition) is 1. The minimum Gasteiger partial charge on any atom is -0.508 e. The molecule has 4 amide bonds. The quantitative estimate of drug-likeness (QED) is 0.391. The van der Waals surface area contributed by atoms with Crippen molar-refractivity contribution in [2.45, 2.75) is 28.5 Å². The van der Waals surface area contributed by atoms with Crippen molar-refractivity contribution in [3.05, 3.63) is 41.5 Å². The number of allylic oxidation sites excluding steroid dienone is 2. The van der Waals surface area contributed by atoms with E-state index in [1.54, 1.807) is 12.1 Å². The van der Waals surface area contributed by atoms with Crippen molar-refractivity contribution in [2.24, 2.45) is 17.8 Å². The molecule has 162 valence electrons. The molecule has 1 saturated carbocycles. The summed E-state index contributed by atoms with van der Waals surface area (Å²) in [6, 6.07) is 6.32. The third-order valence-electron chi connectivity index (χ3n) is 7.44. The van der Waals surface area contributed by atoms with Crippen molar-refractivity contribution >= 4 is 46.8 Å². The second-order valence-electron chi connectivity index (χ2n) is 8.83. The SMILES string of the molecule is CN1C(=O)C2CC=C3C(CC4(Cl)C(=O)N(C)C(=O)C4(Cl)C3c3cccc(O)c3)C2C1=O. The Labute approximate surface area is 188 Å². The number of phenolic OH excluding ortho intramolecular Hbond substituents is 1. The zero-order valence-electron chi connectivity index (χ0n) is 16.8. The van der Waals surface area contributed by atoms with Crippen LogP contribution in [0, 0.1) is 17.8 Å². The van der Waals surface area contributed by atoms with Gasteiger partial charge in [0, 0.05) is 20.0 Å². The fraction of sp³-hybridized carbons (Fsp3) is 0.455. The van der Waals surface area contributed by atoms with Crippen LogP contribution in [0.4, 0.5) is 0 Å². The Bertz CT molecular complexity index is 1100. The van der Waals surface area contributed by atoms with E-state index >= 15 is 0 Å². The summed E-state index contributed by atoms with van der Waals surface area (Å²) in [4.78, 5) is 50.5. The summed E-state index contributed by atoms with van der Waals surface area (Å²) in [5.74, 6) is -4.38. The Morgan fingerprint density at radius 1 is 1.00 bits per heavy atom. The lowest BCUT2D eigenvalue weighted by Crippen LogP contribution is -2.60. The smallest absolute Gasteiger partial charge is 0.253 e. The highest BCUT2D eigenvalue weighted by atomic mass is 35.5. The summed E-state index contributed by atoms with van der Waals surface area (Å²) in [6.07, 6.45) is 2.17. The number of nitrogens with zero attached hydrogens (tertiary/aromatic N) is 2. The molecule has 5 rings (SSSR count). The first-order chi connectivity index (χ1) is 14.5. The number of carbonyl (C=O) groups excluding carboxylic acids is 4. The lowest BCUT2D eigenvalue weighted by atomic mass is 9.56. The van der Waals surface area contributed by atoms with E-state index in [9.17, 15) is 24.3 Å². The van der Waals surface area contributed by atoms with E-state index in [4.69, 9.17) is 23.2 Å². The summed E-state index contributed by atoms with van der Waals surface area (Å²) in [6.45, 7) is 0. The van der Waals surface area contributed by atoms with E-state index in [0.717, 1.165) is 9.80 Å².